The molecule has 0 bridgehead atoms. The summed E-state index contributed by atoms with van der Waals surface area (Å²) in [6.45, 7) is 2.44. The number of nitrogens with one attached hydrogen (secondary N) is 1. The van der Waals surface area contributed by atoms with Gasteiger partial charge in [-0.3, -0.25) is 9.69 Å². The van der Waals surface area contributed by atoms with Crippen molar-refractivity contribution < 1.29 is 14.3 Å². The number of likely N-dealkylation sites (N-methyl/N-ethyl adjacent to an activating group) is 1. The summed E-state index contributed by atoms with van der Waals surface area (Å²) >= 11 is 14.1. The highest BCUT2D eigenvalue weighted by Crippen LogP contribution is 2.26. The lowest BCUT2D eigenvalue weighted by atomic mass is 10.2. The van der Waals surface area contributed by atoms with Gasteiger partial charge in [-0.25, -0.2) is 4.79 Å². The molecule has 1 saturated heterocycles. The molecule has 2 aromatic rings. The molecule has 1 aliphatic rings. The van der Waals surface area contributed by atoms with Crippen LogP contribution in [-0.2, 0) is 11.4 Å². The first-order valence-corrected chi connectivity index (χ1v) is 9.93. The Kier molecular flexibility index (Phi) is 6.29. The van der Waals surface area contributed by atoms with Crippen molar-refractivity contribution in [2.45, 2.75) is 13.5 Å². The summed E-state index contributed by atoms with van der Waals surface area (Å²) in [7, 11) is 0. The number of amides is 3. The summed E-state index contributed by atoms with van der Waals surface area (Å²) in [6.07, 6.45) is 1.65. The van der Waals surface area contributed by atoms with E-state index in [1.165, 1.54) is 0 Å². The summed E-state index contributed by atoms with van der Waals surface area (Å²) < 4.78 is 6.72. The molecular formula is C19H15Cl2IN2O3. The van der Waals surface area contributed by atoms with Crippen LogP contribution >= 0.6 is 45.8 Å². The van der Waals surface area contributed by atoms with Gasteiger partial charge >= 0.3 is 6.03 Å². The molecule has 0 spiro atoms. The topological polar surface area (TPSA) is 58.6 Å². The van der Waals surface area contributed by atoms with E-state index in [4.69, 9.17) is 27.9 Å². The van der Waals surface area contributed by atoms with Crippen LogP contribution < -0.4 is 10.1 Å². The van der Waals surface area contributed by atoms with Crippen LogP contribution in [0.3, 0.4) is 0 Å². The van der Waals surface area contributed by atoms with Gasteiger partial charge < -0.3 is 10.1 Å². The van der Waals surface area contributed by atoms with Crippen molar-refractivity contribution in [2.75, 3.05) is 6.54 Å². The van der Waals surface area contributed by atoms with E-state index in [0.717, 1.165) is 19.6 Å². The largest absolute Gasteiger partial charge is 0.488 e. The number of nitrogens with zero attached hydrogens (tertiary/aromatic N) is 1. The summed E-state index contributed by atoms with van der Waals surface area (Å²) in [5, 5.41) is 3.57. The fraction of sp³-hybridized carbons (Fsp3) is 0.158. The molecule has 0 saturated carbocycles. The normalized spacial score (nSPS) is 15.4. The van der Waals surface area contributed by atoms with Crippen LogP contribution in [0.1, 0.15) is 18.1 Å². The first kappa shape index (κ1) is 20.0. The molecule has 1 aliphatic heterocycles. The zero-order valence-corrected chi connectivity index (χ0v) is 17.9. The fourth-order valence-electron chi connectivity index (χ4n) is 2.54. The van der Waals surface area contributed by atoms with E-state index < -0.39 is 6.03 Å². The van der Waals surface area contributed by atoms with Crippen LogP contribution in [0, 0.1) is 3.57 Å². The number of carbonyl (C=O) groups excluding carboxylic acids is 2. The molecule has 1 N–H and O–H groups in total. The Bertz CT molecular complexity index is 947. The number of benzene rings is 2. The Morgan fingerprint density at radius 3 is 2.56 bits per heavy atom. The Hall–Kier alpha value is -1.77. The Balaban J connectivity index is 1.72. The van der Waals surface area contributed by atoms with E-state index in [1.54, 1.807) is 25.1 Å². The quantitative estimate of drug-likeness (QED) is 0.342. The van der Waals surface area contributed by atoms with E-state index in [0.29, 0.717) is 28.9 Å². The van der Waals surface area contributed by atoms with Crippen LogP contribution in [0.4, 0.5) is 4.79 Å². The van der Waals surface area contributed by atoms with Crippen LogP contribution in [0.2, 0.25) is 10.0 Å². The zero-order chi connectivity index (χ0) is 19.6. The van der Waals surface area contributed by atoms with Gasteiger partial charge in [-0.05, 0) is 71.0 Å². The molecule has 0 radical (unpaired) electrons. The van der Waals surface area contributed by atoms with Crippen molar-refractivity contribution in [2.24, 2.45) is 0 Å². The van der Waals surface area contributed by atoms with Gasteiger partial charge in [0.25, 0.3) is 5.91 Å². The van der Waals surface area contributed by atoms with Crippen LogP contribution in [0.25, 0.3) is 6.08 Å². The first-order valence-electron chi connectivity index (χ1n) is 8.10. The monoisotopic (exact) mass is 516 g/mol. The maximum Gasteiger partial charge on any atom is 0.328 e. The third-order valence-electron chi connectivity index (χ3n) is 3.92. The molecule has 1 fully saturated rings. The van der Waals surface area contributed by atoms with E-state index in [9.17, 15) is 9.59 Å². The van der Waals surface area contributed by atoms with Gasteiger partial charge in [-0.2, -0.15) is 0 Å². The predicted octanol–water partition coefficient (Wildman–Crippen LogP) is 5.09. The van der Waals surface area contributed by atoms with E-state index in [1.807, 2.05) is 24.3 Å². The van der Waals surface area contributed by atoms with Crippen LogP contribution in [0.15, 0.2) is 42.1 Å². The highest BCUT2D eigenvalue weighted by atomic mass is 127. The number of hydrogen-bond donors (Lipinski definition) is 1. The van der Waals surface area contributed by atoms with Crippen LogP contribution in [-0.4, -0.2) is 23.4 Å². The van der Waals surface area contributed by atoms with Crippen LogP contribution in [0.5, 0.6) is 5.75 Å². The van der Waals surface area contributed by atoms with Gasteiger partial charge in [0.15, 0.2) is 0 Å². The van der Waals surface area contributed by atoms with Crippen molar-refractivity contribution in [1.82, 2.24) is 10.2 Å². The Labute approximate surface area is 180 Å². The predicted molar refractivity (Wildman–Crippen MR) is 114 cm³/mol. The lowest BCUT2D eigenvalue weighted by Gasteiger charge is -2.10. The maximum absolute atomic E-state index is 12.1. The molecule has 2 aromatic carbocycles. The van der Waals surface area contributed by atoms with Gasteiger partial charge in [0.2, 0.25) is 0 Å². The first-order chi connectivity index (χ1) is 12.9. The van der Waals surface area contributed by atoms with E-state index >= 15 is 0 Å². The average molecular weight is 517 g/mol. The molecule has 0 atom stereocenters. The lowest BCUT2D eigenvalue weighted by molar-refractivity contribution is -0.122. The Morgan fingerprint density at radius 2 is 1.93 bits per heavy atom. The number of urea groups is 1. The number of carbonyl (C=O) groups is 2. The minimum Gasteiger partial charge on any atom is -0.488 e. The lowest BCUT2D eigenvalue weighted by Crippen LogP contribution is -2.30. The standard InChI is InChI=1S/C19H15Cl2IN2O3/c1-2-24-18(25)16(23-19(24)26)9-11-4-6-17(15(22)8-11)27-10-12-3-5-13(20)14(21)7-12/h3-9H,2,10H2,1H3,(H,23,26)/b16-9+. The molecule has 3 amide bonds. The molecule has 140 valence electrons. The van der Waals surface area contributed by atoms with Gasteiger partial charge in [-0.1, -0.05) is 35.3 Å². The summed E-state index contributed by atoms with van der Waals surface area (Å²) in [6, 6.07) is 10.5. The van der Waals surface area contributed by atoms with Gasteiger partial charge in [0.1, 0.15) is 18.1 Å². The zero-order valence-electron chi connectivity index (χ0n) is 14.3. The molecule has 8 heteroatoms. The third-order valence-corrected chi connectivity index (χ3v) is 5.51. The molecule has 27 heavy (non-hydrogen) atoms. The summed E-state index contributed by atoms with van der Waals surface area (Å²) in [5.41, 5.74) is 1.97. The molecule has 0 unspecified atom stereocenters. The molecular weight excluding hydrogens is 502 g/mol. The number of hydrogen-bond acceptors (Lipinski definition) is 3. The number of ether oxygens (including phenoxy) is 1. The second kappa shape index (κ2) is 8.50. The average Bonchev–Trinajstić information content (AvgIpc) is 2.90. The second-order valence-corrected chi connectivity index (χ2v) is 7.74. The Morgan fingerprint density at radius 1 is 1.15 bits per heavy atom. The number of imide groups is 1. The summed E-state index contributed by atoms with van der Waals surface area (Å²) in [5.74, 6) is 0.387. The van der Waals surface area contributed by atoms with Crippen molar-refractivity contribution in [3.63, 3.8) is 0 Å². The highest BCUT2D eigenvalue weighted by molar-refractivity contribution is 14.1. The number of halogens is 3. The molecule has 0 aromatic heterocycles. The van der Waals surface area contributed by atoms with E-state index in [-0.39, 0.29) is 11.6 Å². The molecule has 3 rings (SSSR count). The van der Waals surface area contributed by atoms with Gasteiger partial charge in [0.05, 0.1) is 13.6 Å². The molecule has 5 nitrogen and oxygen atoms in total. The van der Waals surface area contributed by atoms with Gasteiger partial charge in [0, 0.05) is 6.54 Å². The number of rotatable bonds is 5. The second-order valence-electron chi connectivity index (χ2n) is 5.76. The third kappa shape index (κ3) is 4.56. The fourth-order valence-corrected chi connectivity index (χ4v) is 3.56. The summed E-state index contributed by atoms with van der Waals surface area (Å²) in [4.78, 5) is 25.0. The van der Waals surface area contributed by atoms with E-state index in [2.05, 4.69) is 27.9 Å². The minimum absolute atomic E-state index is 0.266. The minimum atomic E-state index is -0.398. The highest BCUT2D eigenvalue weighted by Gasteiger charge is 2.31. The van der Waals surface area contributed by atoms with Crippen molar-refractivity contribution in [3.05, 3.63) is 66.8 Å². The van der Waals surface area contributed by atoms with Gasteiger partial charge in [-0.15, -0.1) is 0 Å². The van der Waals surface area contributed by atoms with Crippen molar-refractivity contribution >= 4 is 63.8 Å². The molecule has 1 heterocycles. The smallest absolute Gasteiger partial charge is 0.328 e. The van der Waals surface area contributed by atoms with Crippen molar-refractivity contribution in [1.29, 1.82) is 0 Å². The molecule has 0 aliphatic carbocycles. The SMILES string of the molecule is CCN1C(=O)N/C(=C/c2ccc(OCc3ccc(Cl)c(Cl)c3)c(I)c2)C1=O. The maximum atomic E-state index is 12.1. The van der Waals surface area contributed by atoms with Crippen molar-refractivity contribution in [3.8, 4) is 5.75 Å².